The van der Waals surface area contributed by atoms with E-state index in [1.165, 1.54) is 0 Å². The van der Waals surface area contributed by atoms with Crippen LogP contribution in [0.3, 0.4) is 0 Å². The molecule has 2 aromatic carbocycles. The lowest BCUT2D eigenvalue weighted by Gasteiger charge is -2.12. The van der Waals surface area contributed by atoms with E-state index in [-0.39, 0.29) is 5.75 Å². The summed E-state index contributed by atoms with van der Waals surface area (Å²) in [6.07, 6.45) is 1.63. The summed E-state index contributed by atoms with van der Waals surface area (Å²) in [6, 6.07) is 16.3. The summed E-state index contributed by atoms with van der Waals surface area (Å²) in [4.78, 5) is 4.02. The maximum atomic E-state index is 12.2. The van der Waals surface area contributed by atoms with E-state index in [9.17, 15) is 5.11 Å². The van der Waals surface area contributed by atoms with Crippen LogP contribution in [0.15, 0.2) is 71.0 Å². The quantitative estimate of drug-likeness (QED) is 0.649. The van der Waals surface area contributed by atoms with Gasteiger partial charge in [0.05, 0.1) is 5.69 Å². The first-order chi connectivity index (χ1) is 9.34. The van der Waals surface area contributed by atoms with Gasteiger partial charge in [0, 0.05) is 6.20 Å². The second-order valence-corrected chi connectivity index (χ2v) is 4.02. The predicted octanol–water partition coefficient (Wildman–Crippen LogP) is 3.72. The number of rotatable bonds is 2. The predicted molar refractivity (Wildman–Crippen MR) is 71.8 cm³/mol. The van der Waals surface area contributed by atoms with Crippen molar-refractivity contribution in [2.75, 3.05) is 0 Å². The van der Waals surface area contributed by atoms with E-state index in [1.54, 1.807) is 30.5 Å². The summed E-state index contributed by atoms with van der Waals surface area (Å²) in [7, 11) is 0. The van der Waals surface area contributed by atoms with Crippen molar-refractivity contribution in [3.63, 3.8) is 0 Å². The van der Waals surface area contributed by atoms with Crippen LogP contribution in [-0.2, 0) is 0 Å². The molecule has 1 heterocycles. The number of hydrogen-bond acceptors (Lipinski definition) is 4. The zero-order chi connectivity index (χ0) is 13.1. The Morgan fingerprint density at radius 1 is 0.842 bits per heavy atom. The molecule has 0 aliphatic carbocycles. The number of hydrogen-bond donors (Lipinski definition) is 0. The van der Waals surface area contributed by atoms with E-state index in [2.05, 4.69) is 15.2 Å². The van der Waals surface area contributed by atoms with Crippen LogP contribution in [0.5, 0.6) is 5.75 Å². The van der Waals surface area contributed by atoms with Gasteiger partial charge in [-0.1, -0.05) is 42.1 Å². The Morgan fingerprint density at radius 2 is 1.68 bits per heavy atom. The Morgan fingerprint density at radius 3 is 2.53 bits per heavy atom. The number of benzene rings is 2. The zero-order valence-corrected chi connectivity index (χ0v) is 10.0. The minimum Gasteiger partial charge on any atom is -0.871 e. The normalized spacial score (nSPS) is 11.2. The second-order valence-electron chi connectivity index (χ2n) is 4.02. The molecule has 0 atom stereocenters. The average molecular weight is 248 g/mol. The van der Waals surface area contributed by atoms with E-state index >= 15 is 0 Å². The largest absolute Gasteiger partial charge is 0.871 e. The Kier molecular flexibility index (Phi) is 2.90. The standard InChI is InChI=1S/C15H11N3O/c19-15-12-6-2-1-5-11(12)8-9-13(15)17-18-14-7-3-4-10-16-14/h1-10,19H/p-1. The summed E-state index contributed by atoms with van der Waals surface area (Å²) in [6.45, 7) is 0. The molecule has 3 rings (SSSR count). The van der Waals surface area contributed by atoms with Crippen LogP contribution in [0.1, 0.15) is 0 Å². The van der Waals surface area contributed by atoms with E-state index < -0.39 is 0 Å². The summed E-state index contributed by atoms with van der Waals surface area (Å²) in [5, 5.41) is 21.7. The SMILES string of the molecule is [O-]c1c(N=Nc2ccccn2)ccc2ccccc12. The minimum atomic E-state index is -0.113. The summed E-state index contributed by atoms with van der Waals surface area (Å²) in [5.41, 5.74) is 0.323. The lowest BCUT2D eigenvalue weighted by molar-refractivity contribution is -0.264. The van der Waals surface area contributed by atoms with Crippen molar-refractivity contribution < 1.29 is 5.11 Å². The molecule has 19 heavy (non-hydrogen) atoms. The second kappa shape index (κ2) is 4.86. The van der Waals surface area contributed by atoms with Crippen LogP contribution in [0.2, 0.25) is 0 Å². The van der Waals surface area contributed by atoms with E-state index in [4.69, 9.17) is 0 Å². The number of pyridine rings is 1. The molecule has 1 aromatic heterocycles. The molecule has 0 aliphatic heterocycles. The average Bonchev–Trinajstić information content (AvgIpc) is 2.48. The third-order valence-corrected chi connectivity index (χ3v) is 2.77. The maximum absolute atomic E-state index is 12.2. The molecule has 0 saturated carbocycles. The molecule has 0 radical (unpaired) electrons. The zero-order valence-electron chi connectivity index (χ0n) is 10.0. The van der Waals surface area contributed by atoms with Crippen LogP contribution in [0.25, 0.3) is 10.8 Å². The highest BCUT2D eigenvalue weighted by Gasteiger charge is 1.98. The van der Waals surface area contributed by atoms with Crippen molar-refractivity contribution in [3.05, 3.63) is 60.8 Å². The first-order valence-electron chi connectivity index (χ1n) is 5.86. The molecular formula is C15H10N3O-. The summed E-state index contributed by atoms with van der Waals surface area (Å²) < 4.78 is 0. The summed E-state index contributed by atoms with van der Waals surface area (Å²) >= 11 is 0. The molecule has 0 amide bonds. The molecule has 3 aromatic rings. The van der Waals surface area contributed by atoms with Gasteiger partial charge in [0.1, 0.15) is 0 Å². The Balaban J connectivity index is 2.02. The molecule has 0 aliphatic rings. The van der Waals surface area contributed by atoms with Gasteiger partial charge in [-0.2, -0.15) is 0 Å². The van der Waals surface area contributed by atoms with E-state index in [0.29, 0.717) is 16.9 Å². The van der Waals surface area contributed by atoms with Gasteiger partial charge in [0.25, 0.3) is 0 Å². The topological polar surface area (TPSA) is 60.7 Å². The summed E-state index contributed by atoms with van der Waals surface area (Å²) in [5.74, 6) is 0.368. The van der Waals surface area contributed by atoms with Gasteiger partial charge in [-0.25, -0.2) is 4.98 Å². The van der Waals surface area contributed by atoms with Gasteiger partial charge in [-0.15, -0.1) is 10.2 Å². The molecular weight excluding hydrogens is 238 g/mol. The molecule has 92 valence electrons. The Labute approximate surface area is 110 Å². The van der Waals surface area contributed by atoms with Gasteiger partial charge in [-0.05, 0) is 29.0 Å². The Hall–Kier alpha value is -2.75. The monoisotopic (exact) mass is 248 g/mol. The number of nitrogens with zero attached hydrogens (tertiary/aromatic N) is 3. The highest BCUT2D eigenvalue weighted by molar-refractivity contribution is 5.91. The highest BCUT2D eigenvalue weighted by atomic mass is 16.3. The fourth-order valence-corrected chi connectivity index (χ4v) is 1.83. The molecule has 4 nitrogen and oxygen atoms in total. The fourth-order valence-electron chi connectivity index (χ4n) is 1.83. The van der Waals surface area contributed by atoms with Gasteiger partial charge in [0.2, 0.25) is 0 Å². The van der Waals surface area contributed by atoms with Crippen molar-refractivity contribution in [2.45, 2.75) is 0 Å². The van der Waals surface area contributed by atoms with Crippen LogP contribution < -0.4 is 5.11 Å². The third-order valence-electron chi connectivity index (χ3n) is 2.77. The molecule has 0 unspecified atom stereocenters. The molecule has 0 bridgehead atoms. The molecule has 0 saturated heterocycles. The van der Waals surface area contributed by atoms with Crippen LogP contribution in [0, 0.1) is 0 Å². The van der Waals surface area contributed by atoms with Gasteiger partial charge < -0.3 is 5.11 Å². The molecule has 0 fully saturated rings. The van der Waals surface area contributed by atoms with Crippen molar-refractivity contribution in [1.29, 1.82) is 0 Å². The van der Waals surface area contributed by atoms with Crippen molar-refractivity contribution in [2.24, 2.45) is 10.2 Å². The molecule has 0 N–H and O–H groups in total. The van der Waals surface area contributed by atoms with Crippen LogP contribution in [-0.4, -0.2) is 4.98 Å². The van der Waals surface area contributed by atoms with Gasteiger partial charge in [0.15, 0.2) is 5.82 Å². The van der Waals surface area contributed by atoms with Gasteiger partial charge in [-0.3, -0.25) is 0 Å². The lowest BCUT2D eigenvalue weighted by Crippen LogP contribution is -1.91. The highest BCUT2D eigenvalue weighted by Crippen LogP contribution is 2.32. The van der Waals surface area contributed by atoms with Crippen molar-refractivity contribution in [1.82, 2.24) is 4.98 Å². The maximum Gasteiger partial charge on any atom is 0.174 e. The Bertz CT molecular complexity index is 739. The van der Waals surface area contributed by atoms with Crippen molar-refractivity contribution >= 4 is 22.3 Å². The lowest BCUT2D eigenvalue weighted by atomic mass is 10.1. The fraction of sp³-hybridized carbons (Fsp3) is 0. The van der Waals surface area contributed by atoms with Crippen LogP contribution in [0.4, 0.5) is 11.5 Å². The number of fused-ring (bicyclic) bond motifs is 1. The first kappa shape index (κ1) is 11.3. The van der Waals surface area contributed by atoms with E-state index in [0.717, 1.165) is 5.39 Å². The molecule has 0 spiro atoms. The smallest absolute Gasteiger partial charge is 0.174 e. The number of azo groups is 1. The van der Waals surface area contributed by atoms with E-state index in [1.807, 2.05) is 30.3 Å². The first-order valence-corrected chi connectivity index (χ1v) is 5.86. The van der Waals surface area contributed by atoms with Crippen LogP contribution >= 0.6 is 0 Å². The number of aromatic nitrogens is 1. The van der Waals surface area contributed by atoms with Gasteiger partial charge >= 0.3 is 0 Å². The minimum absolute atomic E-state index is 0.113. The van der Waals surface area contributed by atoms with Crippen molar-refractivity contribution in [3.8, 4) is 5.75 Å². The third kappa shape index (κ3) is 2.28. The molecule has 4 heteroatoms.